The van der Waals surface area contributed by atoms with Gasteiger partial charge in [0.05, 0.1) is 17.2 Å². The van der Waals surface area contributed by atoms with Crippen molar-refractivity contribution in [3.63, 3.8) is 0 Å². The van der Waals surface area contributed by atoms with Crippen molar-refractivity contribution in [3.05, 3.63) is 75.6 Å². The summed E-state index contributed by atoms with van der Waals surface area (Å²) in [5.74, 6) is -2.81. The highest BCUT2D eigenvalue weighted by Gasteiger charge is 2.58. The first-order chi connectivity index (χ1) is 14.2. The van der Waals surface area contributed by atoms with E-state index >= 15 is 0 Å². The molecule has 4 rings (SSSR count). The van der Waals surface area contributed by atoms with Gasteiger partial charge in [-0.3, -0.25) is 0 Å². The maximum absolute atomic E-state index is 14.0. The van der Waals surface area contributed by atoms with Crippen LogP contribution in [0.25, 0.3) is 0 Å². The highest BCUT2D eigenvalue weighted by molar-refractivity contribution is 6.33. The minimum absolute atomic E-state index is 0.158. The lowest BCUT2D eigenvalue weighted by Gasteiger charge is -2.37. The summed E-state index contributed by atoms with van der Waals surface area (Å²) in [6.45, 7) is 0. The summed E-state index contributed by atoms with van der Waals surface area (Å²) in [4.78, 5) is 0. The molecule has 0 amide bonds. The van der Waals surface area contributed by atoms with Crippen LogP contribution in [0.15, 0.2) is 65.1 Å². The molecule has 0 aliphatic carbocycles. The molecule has 2 aliphatic heterocycles. The number of hydrogen-bond acceptors (Lipinski definition) is 5. The van der Waals surface area contributed by atoms with Gasteiger partial charge < -0.3 is 10.5 Å². The molecule has 154 valence electrons. The standard InChI is InChI=1S/C20H13Cl2F3N4O/c21-10-6-7-14(22)12(8-10)15-13(9-26)18(27)30-19-16(15)17(20(23,24)25)28-29(19)11-4-2-1-3-5-11/h1-8,15-16,19H,27H2/t15-,16+,19+/m0/s1. The number of nitriles is 1. The van der Waals surface area contributed by atoms with E-state index in [1.54, 1.807) is 30.3 Å². The number of para-hydroxylation sites is 1. The average Bonchev–Trinajstić information content (AvgIpc) is 3.09. The Morgan fingerprint density at radius 3 is 2.47 bits per heavy atom. The van der Waals surface area contributed by atoms with Crippen LogP contribution in [-0.4, -0.2) is 18.1 Å². The first-order valence-corrected chi connectivity index (χ1v) is 9.49. The number of alkyl halides is 3. The van der Waals surface area contributed by atoms with Gasteiger partial charge in [0, 0.05) is 16.0 Å². The molecule has 10 heteroatoms. The van der Waals surface area contributed by atoms with Crippen molar-refractivity contribution < 1.29 is 17.9 Å². The first-order valence-electron chi connectivity index (χ1n) is 8.73. The Balaban J connectivity index is 1.94. The van der Waals surface area contributed by atoms with E-state index in [0.29, 0.717) is 5.69 Å². The summed E-state index contributed by atoms with van der Waals surface area (Å²) < 4.78 is 47.6. The molecular formula is C20H13Cl2F3N4O. The second-order valence-corrected chi connectivity index (χ2v) is 7.57. The lowest BCUT2D eigenvalue weighted by Crippen LogP contribution is -2.46. The Kier molecular flexibility index (Phi) is 5.04. The van der Waals surface area contributed by atoms with Crippen molar-refractivity contribution in [1.82, 2.24) is 0 Å². The Morgan fingerprint density at radius 2 is 1.83 bits per heavy atom. The number of benzene rings is 2. The normalized spacial score (nSPS) is 23.5. The quantitative estimate of drug-likeness (QED) is 0.680. The number of halogens is 5. The Hall–Kier alpha value is -2.89. The highest BCUT2D eigenvalue weighted by atomic mass is 35.5. The van der Waals surface area contributed by atoms with E-state index < -0.39 is 30.0 Å². The second-order valence-electron chi connectivity index (χ2n) is 6.73. The molecule has 2 heterocycles. The van der Waals surface area contributed by atoms with E-state index in [4.69, 9.17) is 33.7 Å². The molecule has 0 saturated carbocycles. The molecule has 0 fully saturated rings. The van der Waals surface area contributed by atoms with Crippen molar-refractivity contribution in [2.45, 2.75) is 18.3 Å². The Labute approximate surface area is 179 Å². The van der Waals surface area contributed by atoms with Crippen LogP contribution in [-0.2, 0) is 4.74 Å². The van der Waals surface area contributed by atoms with E-state index in [1.807, 2.05) is 6.07 Å². The van der Waals surface area contributed by atoms with Crippen molar-refractivity contribution in [3.8, 4) is 6.07 Å². The third-order valence-corrected chi connectivity index (χ3v) is 5.57. The lowest BCUT2D eigenvalue weighted by molar-refractivity contribution is -0.0658. The molecular weight excluding hydrogens is 440 g/mol. The zero-order valence-corrected chi connectivity index (χ0v) is 16.6. The molecule has 0 bridgehead atoms. The zero-order chi connectivity index (χ0) is 21.6. The van der Waals surface area contributed by atoms with Crippen LogP contribution in [0.1, 0.15) is 11.5 Å². The summed E-state index contributed by atoms with van der Waals surface area (Å²) in [5.41, 5.74) is 5.34. The Morgan fingerprint density at radius 1 is 1.13 bits per heavy atom. The number of hydrogen-bond donors (Lipinski definition) is 1. The van der Waals surface area contributed by atoms with Crippen LogP contribution in [0.4, 0.5) is 18.9 Å². The van der Waals surface area contributed by atoms with E-state index in [-0.39, 0.29) is 27.1 Å². The van der Waals surface area contributed by atoms with Gasteiger partial charge >= 0.3 is 6.18 Å². The number of anilines is 1. The van der Waals surface area contributed by atoms with Crippen LogP contribution >= 0.6 is 23.2 Å². The number of rotatable bonds is 2. The maximum Gasteiger partial charge on any atom is 0.431 e. The van der Waals surface area contributed by atoms with E-state index in [0.717, 1.165) is 5.01 Å². The van der Waals surface area contributed by atoms with Gasteiger partial charge in [0.15, 0.2) is 5.71 Å². The van der Waals surface area contributed by atoms with Crippen LogP contribution in [0.2, 0.25) is 10.0 Å². The SMILES string of the molecule is N#CC1=C(N)O[C@@H]2[C@@H](C(C(F)(F)F)=NN2c2ccccc2)[C@H]1c1cc(Cl)ccc1Cl. The van der Waals surface area contributed by atoms with Gasteiger partial charge in [-0.1, -0.05) is 41.4 Å². The van der Waals surface area contributed by atoms with E-state index in [2.05, 4.69) is 5.10 Å². The molecule has 0 spiro atoms. The van der Waals surface area contributed by atoms with Crippen molar-refractivity contribution in [1.29, 1.82) is 5.26 Å². The topological polar surface area (TPSA) is 74.6 Å². The van der Waals surface area contributed by atoms with Gasteiger partial charge in [-0.05, 0) is 35.9 Å². The van der Waals surface area contributed by atoms with Crippen LogP contribution in [0.5, 0.6) is 0 Å². The molecule has 3 atom stereocenters. The fraction of sp³-hybridized carbons (Fsp3) is 0.200. The minimum atomic E-state index is -4.77. The number of nitrogens with two attached hydrogens (primary N) is 1. The van der Waals surface area contributed by atoms with Gasteiger partial charge in [-0.25, -0.2) is 5.01 Å². The number of nitrogens with zero attached hydrogens (tertiary/aromatic N) is 3. The van der Waals surface area contributed by atoms with Gasteiger partial charge in [-0.15, -0.1) is 0 Å². The molecule has 0 radical (unpaired) electrons. The smallest absolute Gasteiger partial charge is 0.431 e. The number of fused-ring (bicyclic) bond motifs is 1. The van der Waals surface area contributed by atoms with Gasteiger partial charge in [0.1, 0.15) is 6.07 Å². The fourth-order valence-corrected chi connectivity index (χ4v) is 4.17. The largest absolute Gasteiger partial charge is 0.452 e. The van der Waals surface area contributed by atoms with Crippen molar-refractivity contribution in [2.75, 3.05) is 5.01 Å². The van der Waals surface area contributed by atoms with E-state index in [9.17, 15) is 18.4 Å². The summed E-state index contributed by atoms with van der Waals surface area (Å²) >= 11 is 12.4. The highest BCUT2D eigenvalue weighted by Crippen LogP contribution is 2.50. The molecule has 30 heavy (non-hydrogen) atoms. The van der Waals surface area contributed by atoms with Gasteiger partial charge in [0.2, 0.25) is 12.1 Å². The second kappa shape index (κ2) is 7.42. The van der Waals surface area contributed by atoms with Crippen molar-refractivity contribution >= 4 is 34.6 Å². The minimum Gasteiger partial charge on any atom is -0.452 e. The fourth-order valence-electron chi connectivity index (χ4n) is 3.76. The van der Waals surface area contributed by atoms with Gasteiger partial charge in [-0.2, -0.15) is 23.5 Å². The lowest BCUT2D eigenvalue weighted by atomic mass is 9.76. The summed E-state index contributed by atoms with van der Waals surface area (Å²) in [5, 5.41) is 15.0. The number of allylic oxidation sites excluding steroid dienone is 1. The molecule has 0 unspecified atom stereocenters. The van der Waals surface area contributed by atoms with Crippen LogP contribution in [0.3, 0.4) is 0 Å². The number of ether oxygens (including phenoxy) is 1. The third-order valence-electron chi connectivity index (χ3n) is 4.99. The molecule has 5 nitrogen and oxygen atoms in total. The summed E-state index contributed by atoms with van der Waals surface area (Å²) in [6.07, 6.45) is -5.99. The monoisotopic (exact) mass is 452 g/mol. The molecule has 2 aromatic rings. The van der Waals surface area contributed by atoms with E-state index in [1.165, 1.54) is 18.2 Å². The summed E-state index contributed by atoms with van der Waals surface area (Å²) in [7, 11) is 0. The van der Waals surface area contributed by atoms with Crippen LogP contribution < -0.4 is 10.7 Å². The molecule has 2 aliphatic rings. The first kappa shape index (κ1) is 20.4. The predicted molar refractivity (Wildman–Crippen MR) is 107 cm³/mol. The summed E-state index contributed by atoms with van der Waals surface area (Å²) in [6, 6.07) is 14.5. The zero-order valence-electron chi connectivity index (χ0n) is 15.1. The maximum atomic E-state index is 14.0. The Bertz CT molecular complexity index is 1100. The predicted octanol–water partition coefficient (Wildman–Crippen LogP) is 5.18. The average molecular weight is 453 g/mol. The molecule has 2 N–H and O–H groups in total. The molecule has 2 aromatic carbocycles. The number of hydrazone groups is 1. The molecule has 0 saturated heterocycles. The van der Waals surface area contributed by atoms with Gasteiger partial charge in [0.25, 0.3) is 0 Å². The van der Waals surface area contributed by atoms with Crippen molar-refractivity contribution in [2.24, 2.45) is 16.8 Å². The third kappa shape index (κ3) is 3.34. The molecule has 0 aromatic heterocycles. The van der Waals surface area contributed by atoms with Crippen LogP contribution in [0, 0.1) is 17.2 Å².